The first-order chi connectivity index (χ1) is 6.88. The molecule has 0 radical (unpaired) electrons. The van der Waals surface area contributed by atoms with E-state index in [0.29, 0.717) is 6.04 Å². The fourth-order valence-electron chi connectivity index (χ4n) is 1.80. The fraction of sp³-hybridized carbons (Fsp3) is 0.545. The second-order valence-electron chi connectivity index (χ2n) is 3.61. The highest BCUT2D eigenvalue weighted by molar-refractivity contribution is 5.13. The van der Waals surface area contributed by atoms with Gasteiger partial charge in [0, 0.05) is 31.5 Å². The van der Waals surface area contributed by atoms with Crippen LogP contribution in [0.1, 0.15) is 18.5 Å². The molecule has 2 rings (SSSR count). The van der Waals surface area contributed by atoms with Crippen LogP contribution in [-0.2, 0) is 4.74 Å². The van der Waals surface area contributed by atoms with Crippen molar-refractivity contribution in [1.82, 2.24) is 9.88 Å². The van der Waals surface area contributed by atoms with E-state index in [1.165, 1.54) is 5.56 Å². The van der Waals surface area contributed by atoms with E-state index in [1.807, 2.05) is 18.5 Å². The molecule has 1 atom stereocenters. The largest absolute Gasteiger partial charge is 0.379 e. The molecule has 0 saturated carbocycles. The maximum Gasteiger partial charge on any atom is 0.0594 e. The van der Waals surface area contributed by atoms with Gasteiger partial charge in [-0.25, -0.2) is 0 Å². The van der Waals surface area contributed by atoms with Gasteiger partial charge in [-0.2, -0.15) is 0 Å². The molecule has 0 N–H and O–H groups in total. The Morgan fingerprint density at radius 2 is 2.21 bits per heavy atom. The fourth-order valence-corrected chi connectivity index (χ4v) is 1.80. The first kappa shape index (κ1) is 9.62. The van der Waals surface area contributed by atoms with E-state index in [0.717, 1.165) is 26.3 Å². The van der Waals surface area contributed by atoms with Crippen LogP contribution in [0.3, 0.4) is 0 Å². The second-order valence-corrected chi connectivity index (χ2v) is 3.61. The molecule has 1 unspecified atom stereocenters. The van der Waals surface area contributed by atoms with Crippen molar-refractivity contribution < 1.29 is 4.74 Å². The minimum absolute atomic E-state index is 0.451. The number of morpholine rings is 1. The monoisotopic (exact) mass is 192 g/mol. The van der Waals surface area contributed by atoms with Crippen LogP contribution in [0.25, 0.3) is 0 Å². The molecule has 2 heterocycles. The number of nitrogens with zero attached hydrogens (tertiary/aromatic N) is 2. The lowest BCUT2D eigenvalue weighted by Gasteiger charge is -2.32. The van der Waals surface area contributed by atoms with Crippen LogP contribution in [0.4, 0.5) is 0 Å². The van der Waals surface area contributed by atoms with E-state index in [2.05, 4.69) is 22.9 Å². The summed E-state index contributed by atoms with van der Waals surface area (Å²) >= 11 is 0. The van der Waals surface area contributed by atoms with Crippen molar-refractivity contribution in [2.75, 3.05) is 26.3 Å². The molecule has 0 amide bonds. The van der Waals surface area contributed by atoms with E-state index in [4.69, 9.17) is 4.74 Å². The first-order valence-electron chi connectivity index (χ1n) is 5.09. The van der Waals surface area contributed by atoms with Gasteiger partial charge in [-0.1, -0.05) is 6.07 Å². The highest BCUT2D eigenvalue weighted by Gasteiger charge is 2.17. The van der Waals surface area contributed by atoms with Gasteiger partial charge in [0.2, 0.25) is 0 Å². The summed E-state index contributed by atoms with van der Waals surface area (Å²) in [5.41, 5.74) is 1.29. The number of aromatic nitrogens is 1. The lowest BCUT2D eigenvalue weighted by molar-refractivity contribution is 0.0198. The van der Waals surface area contributed by atoms with Crippen LogP contribution in [0, 0.1) is 0 Å². The van der Waals surface area contributed by atoms with Gasteiger partial charge in [0.15, 0.2) is 0 Å². The molecule has 0 spiro atoms. The van der Waals surface area contributed by atoms with Crippen LogP contribution in [0.15, 0.2) is 24.5 Å². The number of pyridine rings is 1. The van der Waals surface area contributed by atoms with Gasteiger partial charge in [-0.3, -0.25) is 9.88 Å². The van der Waals surface area contributed by atoms with Gasteiger partial charge >= 0.3 is 0 Å². The average molecular weight is 192 g/mol. The lowest BCUT2D eigenvalue weighted by atomic mass is 10.1. The average Bonchev–Trinajstić information content (AvgIpc) is 2.30. The van der Waals surface area contributed by atoms with Gasteiger partial charge in [0.05, 0.1) is 13.2 Å². The third kappa shape index (κ3) is 2.11. The van der Waals surface area contributed by atoms with Crippen LogP contribution in [0.2, 0.25) is 0 Å². The number of ether oxygens (including phenoxy) is 1. The van der Waals surface area contributed by atoms with E-state index in [1.54, 1.807) is 0 Å². The summed E-state index contributed by atoms with van der Waals surface area (Å²) in [6.07, 6.45) is 3.76. The molecule has 0 aromatic carbocycles. The molecule has 1 aromatic rings. The summed E-state index contributed by atoms with van der Waals surface area (Å²) < 4.78 is 5.33. The highest BCUT2D eigenvalue weighted by atomic mass is 16.5. The molecule has 76 valence electrons. The van der Waals surface area contributed by atoms with E-state index >= 15 is 0 Å². The summed E-state index contributed by atoms with van der Waals surface area (Å²) in [6.45, 7) is 5.98. The quantitative estimate of drug-likeness (QED) is 0.709. The van der Waals surface area contributed by atoms with Crippen molar-refractivity contribution in [3.05, 3.63) is 30.1 Å². The van der Waals surface area contributed by atoms with Crippen LogP contribution >= 0.6 is 0 Å². The van der Waals surface area contributed by atoms with Crippen LogP contribution in [0.5, 0.6) is 0 Å². The van der Waals surface area contributed by atoms with E-state index in [9.17, 15) is 0 Å². The number of hydrogen-bond donors (Lipinski definition) is 0. The maximum absolute atomic E-state index is 5.33. The smallest absolute Gasteiger partial charge is 0.0594 e. The van der Waals surface area contributed by atoms with Gasteiger partial charge in [0.1, 0.15) is 0 Å². The predicted octanol–water partition coefficient (Wildman–Crippen LogP) is 1.47. The normalized spacial score (nSPS) is 20.6. The van der Waals surface area contributed by atoms with Gasteiger partial charge in [0.25, 0.3) is 0 Å². The molecule has 3 nitrogen and oxygen atoms in total. The Kier molecular flexibility index (Phi) is 3.11. The zero-order chi connectivity index (χ0) is 9.80. The summed E-state index contributed by atoms with van der Waals surface area (Å²) in [5, 5.41) is 0. The molecule has 0 aliphatic carbocycles. The topological polar surface area (TPSA) is 25.4 Å². The van der Waals surface area contributed by atoms with Crippen molar-refractivity contribution in [3.63, 3.8) is 0 Å². The Bertz CT molecular complexity index is 270. The number of rotatable bonds is 2. The van der Waals surface area contributed by atoms with Crippen molar-refractivity contribution in [2.45, 2.75) is 13.0 Å². The molecule has 1 aliphatic heterocycles. The maximum atomic E-state index is 5.33. The standard InChI is InChI=1S/C11H16N2O/c1-10(11-3-2-4-12-9-11)13-5-7-14-8-6-13/h2-4,9-10H,5-8H2,1H3. The van der Waals surface area contributed by atoms with Crippen molar-refractivity contribution in [2.24, 2.45) is 0 Å². The minimum atomic E-state index is 0.451. The molecule has 1 aromatic heterocycles. The highest BCUT2D eigenvalue weighted by Crippen LogP contribution is 2.19. The van der Waals surface area contributed by atoms with E-state index in [-0.39, 0.29) is 0 Å². The van der Waals surface area contributed by atoms with Crippen molar-refractivity contribution in [3.8, 4) is 0 Å². The molecular formula is C11H16N2O. The third-order valence-corrected chi connectivity index (χ3v) is 2.76. The van der Waals surface area contributed by atoms with Gasteiger partial charge in [-0.05, 0) is 18.6 Å². The molecular weight excluding hydrogens is 176 g/mol. The number of hydrogen-bond acceptors (Lipinski definition) is 3. The van der Waals surface area contributed by atoms with Gasteiger partial charge in [-0.15, -0.1) is 0 Å². The summed E-state index contributed by atoms with van der Waals surface area (Å²) in [7, 11) is 0. The lowest BCUT2D eigenvalue weighted by Crippen LogP contribution is -2.38. The Hall–Kier alpha value is -0.930. The molecule has 3 heteroatoms. The summed E-state index contributed by atoms with van der Waals surface area (Å²) in [4.78, 5) is 6.57. The minimum Gasteiger partial charge on any atom is -0.379 e. The Morgan fingerprint density at radius 3 is 2.86 bits per heavy atom. The molecule has 1 aliphatic rings. The van der Waals surface area contributed by atoms with Gasteiger partial charge < -0.3 is 4.74 Å². The summed E-state index contributed by atoms with van der Waals surface area (Å²) in [6, 6.07) is 4.58. The second kappa shape index (κ2) is 4.53. The van der Waals surface area contributed by atoms with Crippen molar-refractivity contribution >= 4 is 0 Å². The summed E-state index contributed by atoms with van der Waals surface area (Å²) in [5.74, 6) is 0. The Balaban J connectivity index is 2.03. The van der Waals surface area contributed by atoms with Crippen LogP contribution < -0.4 is 0 Å². The zero-order valence-electron chi connectivity index (χ0n) is 8.52. The molecule has 1 saturated heterocycles. The van der Waals surface area contributed by atoms with Crippen LogP contribution in [-0.4, -0.2) is 36.2 Å². The Morgan fingerprint density at radius 1 is 1.43 bits per heavy atom. The first-order valence-corrected chi connectivity index (χ1v) is 5.09. The predicted molar refractivity (Wildman–Crippen MR) is 55.0 cm³/mol. The molecule has 14 heavy (non-hydrogen) atoms. The zero-order valence-corrected chi connectivity index (χ0v) is 8.52. The molecule has 1 fully saturated rings. The van der Waals surface area contributed by atoms with Crippen molar-refractivity contribution in [1.29, 1.82) is 0 Å². The van der Waals surface area contributed by atoms with E-state index < -0.39 is 0 Å². The SMILES string of the molecule is CC(c1cccnc1)N1CCOCC1. The Labute approximate surface area is 84.7 Å². The molecule has 0 bridgehead atoms. The third-order valence-electron chi connectivity index (χ3n) is 2.76.